The molecule has 3 heterocycles. The SMILES string of the molecule is COC(=O)Nc1ccc2c(-c3nc(N[C@@H]4CNC[C@H](OC(=O)N(C)C)C4)ncc3C(F)(F)F)c[nH]c2c1C(F)(F)F. The average Bonchev–Trinajstić information content (AvgIpc) is 3.31. The molecule has 222 valence electrons. The molecule has 4 rings (SSSR count). The molecule has 17 heteroatoms. The molecule has 1 fully saturated rings. The standard InChI is InChI=1S/C24H25F6N7O4/c1-37(2)22(39)41-12-6-11(7-31-8-12)34-20-33-10-15(23(25,26)27)18(36-20)14-9-32-19-13(14)4-5-16(35-21(38)40-3)17(19)24(28,29)30/h4-5,9-12,31-32H,6-8H2,1-3H3,(H,35,38)(H,33,34,36)/t11-,12+/m0/s1. The molecule has 0 unspecified atom stereocenters. The number of amides is 2. The third kappa shape index (κ3) is 6.55. The number of aromatic amines is 1. The number of nitrogens with one attached hydrogen (secondary N) is 4. The van der Waals surface area contributed by atoms with Gasteiger partial charge in [-0.15, -0.1) is 0 Å². The summed E-state index contributed by atoms with van der Waals surface area (Å²) in [7, 11) is 4.00. The summed E-state index contributed by atoms with van der Waals surface area (Å²) >= 11 is 0. The molecular formula is C24H25F6N7O4. The largest absolute Gasteiger partial charge is 0.453 e. The van der Waals surface area contributed by atoms with Gasteiger partial charge in [0.15, 0.2) is 0 Å². The fraction of sp³-hybridized carbons (Fsp3) is 0.417. The second-order valence-electron chi connectivity index (χ2n) is 9.32. The third-order valence-corrected chi connectivity index (χ3v) is 6.19. The first kappa shape index (κ1) is 29.7. The summed E-state index contributed by atoms with van der Waals surface area (Å²) in [6.07, 6.45) is -10.4. The van der Waals surface area contributed by atoms with Crippen LogP contribution in [0, 0.1) is 0 Å². The van der Waals surface area contributed by atoms with Crippen molar-refractivity contribution in [2.45, 2.75) is 30.9 Å². The van der Waals surface area contributed by atoms with E-state index in [0.717, 1.165) is 25.4 Å². The average molecular weight is 589 g/mol. The van der Waals surface area contributed by atoms with Crippen molar-refractivity contribution in [3.8, 4) is 11.3 Å². The number of ether oxygens (including phenoxy) is 2. The summed E-state index contributed by atoms with van der Waals surface area (Å²) in [5, 5.41) is 7.70. The molecule has 1 aliphatic heterocycles. The first-order valence-electron chi connectivity index (χ1n) is 12.0. The van der Waals surface area contributed by atoms with Gasteiger partial charge in [0.2, 0.25) is 5.95 Å². The van der Waals surface area contributed by atoms with Gasteiger partial charge in [-0.3, -0.25) is 5.32 Å². The molecule has 3 aromatic rings. The van der Waals surface area contributed by atoms with Gasteiger partial charge in [0.25, 0.3) is 0 Å². The number of benzene rings is 1. The molecule has 41 heavy (non-hydrogen) atoms. The predicted octanol–water partition coefficient (Wildman–Crippen LogP) is 4.68. The summed E-state index contributed by atoms with van der Waals surface area (Å²) in [6.45, 7) is 0.717. The number of nitrogens with zero attached hydrogens (tertiary/aromatic N) is 3. The van der Waals surface area contributed by atoms with Crippen LogP contribution in [0.4, 0.5) is 47.6 Å². The van der Waals surface area contributed by atoms with Crippen molar-refractivity contribution in [3.63, 3.8) is 0 Å². The highest BCUT2D eigenvalue weighted by molar-refractivity contribution is 6.01. The number of anilines is 2. The van der Waals surface area contributed by atoms with Gasteiger partial charge < -0.3 is 30.0 Å². The van der Waals surface area contributed by atoms with Gasteiger partial charge in [0, 0.05) is 63.0 Å². The topological polar surface area (TPSA) is 134 Å². The van der Waals surface area contributed by atoms with E-state index in [-0.39, 0.29) is 16.9 Å². The van der Waals surface area contributed by atoms with Gasteiger partial charge in [0.05, 0.1) is 24.0 Å². The van der Waals surface area contributed by atoms with Crippen LogP contribution < -0.4 is 16.0 Å². The molecule has 11 nitrogen and oxygen atoms in total. The molecule has 0 spiro atoms. The van der Waals surface area contributed by atoms with E-state index in [4.69, 9.17) is 4.74 Å². The van der Waals surface area contributed by atoms with Gasteiger partial charge in [-0.2, -0.15) is 26.3 Å². The zero-order valence-electron chi connectivity index (χ0n) is 21.8. The molecule has 0 bridgehead atoms. The van der Waals surface area contributed by atoms with Gasteiger partial charge in [-0.1, -0.05) is 6.07 Å². The molecule has 0 aliphatic carbocycles. The van der Waals surface area contributed by atoms with Gasteiger partial charge in [0.1, 0.15) is 17.2 Å². The Morgan fingerprint density at radius 3 is 2.46 bits per heavy atom. The van der Waals surface area contributed by atoms with E-state index in [1.54, 1.807) is 0 Å². The number of halogens is 6. The van der Waals surface area contributed by atoms with E-state index in [9.17, 15) is 35.9 Å². The van der Waals surface area contributed by atoms with Crippen LogP contribution in [-0.4, -0.2) is 78.5 Å². The molecule has 1 aliphatic rings. The Balaban J connectivity index is 1.73. The van der Waals surface area contributed by atoms with Crippen molar-refractivity contribution in [1.82, 2.24) is 25.2 Å². The molecule has 1 aromatic carbocycles. The minimum absolute atomic E-state index is 0.214. The van der Waals surface area contributed by atoms with E-state index in [1.165, 1.54) is 19.0 Å². The van der Waals surface area contributed by atoms with E-state index in [0.29, 0.717) is 25.7 Å². The number of aromatic nitrogens is 3. The lowest BCUT2D eigenvalue weighted by atomic mass is 10.0. The maximum atomic E-state index is 14.0. The number of fused-ring (bicyclic) bond motifs is 1. The van der Waals surface area contributed by atoms with Gasteiger partial charge in [-0.25, -0.2) is 19.6 Å². The second-order valence-corrected chi connectivity index (χ2v) is 9.32. The number of rotatable bonds is 5. The lowest BCUT2D eigenvalue weighted by Gasteiger charge is -2.31. The molecular weight excluding hydrogens is 564 g/mol. The van der Waals surface area contributed by atoms with Crippen LogP contribution in [0.3, 0.4) is 0 Å². The minimum Gasteiger partial charge on any atom is -0.453 e. The molecule has 2 atom stereocenters. The highest BCUT2D eigenvalue weighted by Crippen LogP contribution is 2.44. The highest BCUT2D eigenvalue weighted by atomic mass is 19.4. The normalized spacial score (nSPS) is 17.7. The van der Waals surface area contributed by atoms with E-state index < -0.39 is 64.7 Å². The van der Waals surface area contributed by atoms with E-state index in [2.05, 4.69) is 30.3 Å². The van der Waals surface area contributed by atoms with Crippen LogP contribution in [0.5, 0.6) is 0 Å². The third-order valence-electron chi connectivity index (χ3n) is 6.19. The Bertz CT molecular complexity index is 1440. The number of alkyl halides is 6. The predicted molar refractivity (Wildman–Crippen MR) is 134 cm³/mol. The number of methoxy groups -OCH3 is 1. The van der Waals surface area contributed by atoms with Crippen molar-refractivity contribution in [3.05, 3.63) is 35.7 Å². The summed E-state index contributed by atoms with van der Waals surface area (Å²) in [6, 6.07) is 1.60. The van der Waals surface area contributed by atoms with Crippen LogP contribution in [0.2, 0.25) is 0 Å². The van der Waals surface area contributed by atoms with Crippen molar-refractivity contribution < 1.29 is 45.4 Å². The lowest BCUT2D eigenvalue weighted by Crippen LogP contribution is -2.48. The summed E-state index contributed by atoms with van der Waals surface area (Å²) in [4.78, 5) is 34.9. The number of carbonyl (C=O) groups is 2. The smallest absolute Gasteiger partial charge is 0.420 e. The number of H-pyrrole nitrogens is 1. The van der Waals surface area contributed by atoms with Gasteiger partial charge in [-0.05, 0) is 6.07 Å². The molecule has 0 saturated carbocycles. The molecule has 2 amide bonds. The first-order chi connectivity index (χ1) is 19.2. The minimum atomic E-state index is -5.00. The molecule has 1 saturated heterocycles. The lowest BCUT2D eigenvalue weighted by molar-refractivity contribution is -0.137. The quantitative estimate of drug-likeness (QED) is 0.316. The summed E-state index contributed by atoms with van der Waals surface area (Å²) in [5.41, 5.74) is -4.73. The summed E-state index contributed by atoms with van der Waals surface area (Å²) < 4.78 is 93.7. The fourth-order valence-corrected chi connectivity index (χ4v) is 4.35. The van der Waals surface area contributed by atoms with E-state index >= 15 is 0 Å². The molecule has 0 radical (unpaired) electrons. The van der Waals surface area contributed by atoms with Crippen LogP contribution in [0.15, 0.2) is 24.5 Å². The summed E-state index contributed by atoms with van der Waals surface area (Å²) in [5.74, 6) is -0.214. The Labute approximate surface area is 228 Å². The number of hydrogen-bond acceptors (Lipinski definition) is 8. The second kappa shape index (κ2) is 11.3. The Morgan fingerprint density at radius 1 is 1.10 bits per heavy atom. The van der Waals surface area contributed by atoms with Crippen molar-refractivity contribution in [1.29, 1.82) is 0 Å². The maximum Gasteiger partial charge on any atom is 0.420 e. The first-order valence-corrected chi connectivity index (χ1v) is 12.0. The van der Waals surface area contributed by atoms with Crippen LogP contribution in [-0.2, 0) is 21.8 Å². The maximum absolute atomic E-state index is 14.0. The van der Waals surface area contributed by atoms with Crippen LogP contribution in [0.25, 0.3) is 22.2 Å². The Hall–Kier alpha value is -4.28. The van der Waals surface area contributed by atoms with Crippen molar-refractivity contribution in [2.24, 2.45) is 0 Å². The van der Waals surface area contributed by atoms with Crippen LogP contribution >= 0.6 is 0 Å². The Kier molecular flexibility index (Phi) is 8.19. The Morgan fingerprint density at radius 2 is 1.83 bits per heavy atom. The van der Waals surface area contributed by atoms with E-state index in [1.807, 2.05) is 5.32 Å². The van der Waals surface area contributed by atoms with Gasteiger partial charge >= 0.3 is 24.5 Å². The zero-order chi connectivity index (χ0) is 30.1. The fourth-order valence-electron chi connectivity index (χ4n) is 4.35. The number of piperidine rings is 1. The zero-order valence-corrected chi connectivity index (χ0v) is 21.8. The molecule has 4 N–H and O–H groups in total. The van der Waals surface area contributed by atoms with Crippen molar-refractivity contribution >= 4 is 34.7 Å². The highest BCUT2D eigenvalue weighted by Gasteiger charge is 2.39. The molecule has 2 aromatic heterocycles. The number of hydrogen-bond donors (Lipinski definition) is 4. The van der Waals surface area contributed by atoms with Crippen molar-refractivity contribution in [2.75, 3.05) is 44.9 Å². The monoisotopic (exact) mass is 589 g/mol. The van der Waals surface area contributed by atoms with Crippen LogP contribution in [0.1, 0.15) is 17.5 Å². The number of carbonyl (C=O) groups excluding carboxylic acids is 2.